The molecule has 0 saturated heterocycles. The molecule has 0 radical (unpaired) electrons. The maximum absolute atomic E-state index is 5.59. The average Bonchev–Trinajstić information content (AvgIpc) is 2.59. The molecule has 2 nitrogen and oxygen atoms in total. The Bertz CT molecular complexity index is 373. The average molecular weight is 233 g/mol. The molecule has 0 spiro atoms. The van der Waals surface area contributed by atoms with Crippen LogP contribution in [-0.2, 0) is 19.3 Å². The summed E-state index contributed by atoms with van der Waals surface area (Å²) in [4.78, 5) is 0. The van der Waals surface area contributed by atoms with Gasteiger partial charge in [-0.2, -0.15) is 0 Å². The van der Waals surface area contributed by atoms with Gasteiger partial charge >= 0.3 is 0 Å². The molecule has 0 aliphatic heterocycles. The summed E-state index contributed by atoms with van der Waals surface area (Å²) in [6, 6.07) is 4.61. The first-order chi connectivity index (χ1) is 8.35. The van der Waals surface area contributed by atoms with E-state index in [0.717, 1.165) is 25.1 Å². The summed E-state index contributed by atoms with van der Waals surface area (Å²) in [6.07, 6.45) is 8.52. The summed E-state index contributed by atoms with van der Waals surface area (Å²) < 4.78 is 5.51. The fourth-order valence-electron chi connectivity index (χ4n) is 2.67. The van der Waals surface area contributed by atoms with Crippen LogP contribution in [0.15, 0.2) is 12.1 Å². The summed E-state index contributed by atoms with van der Waals surface area (Å²) in [5.41, 5.74) is 9.96. The number of nitrogens with two attached hydrogens (primary N) is 1. The Kier molecular flexibility index (Phi) is 4.43. The van der Waals surface area contributed by atoms with Gasteiger partial charge in [0.15, 0.2) is 0 Å². The van der Waals surface area contributed by atoms with Crippen molar-refractivity contribution >= 4 is 0 Å². The normalized spacial score (nSPS) is 15.2. The maximum Gasteiger partial charge on any atom is 0.122 e. The monoisotopic (exact) mass is 233 g/mol. The van der Waals surface area contributed by atoms with Crippen molar-refractivity contribution in [3.8, 4) is 5.75 Å². The zero-order chi connectivity index (χ0) is 12.1. The Morgan fingerprint density at radius 3 is 2.47 bits per heavy atom. The highest BCUT2D eigenvalue weighted by molar-refractivity contribution is 5.43. The van der Waals surface area contributed by atoms with Crippen molar-refractivity contribution in [3.63, 3.8) is 0 Å². The predicted molar refractivity (Wildman–Crippen MR) is 71.6 cm³/mol. The molecule has 2 heteroatoms. The zero-order valence-corrected chi connectivity index (χ0v) is 10.8. The molecule has 2 rings (SSSR count). The number of rotatable bonds is 4. The Balaban J connectivity index is 2.28. The highest BCUT2D eigenvalue weighted by Gasteiger charge is 2.12. The summed E-state index contributed by atoms with van der Waals surface area (Å²) in [6.45, 7) is 0.750. The van der Waals surface area contributed by atoms with E-state index in [4.69, 9.17) is 10.5 Å². The highest BCUT2D eigenvalue weighted by atomic mass is 16.5. The minimum absolute atomic E-state index is 0.750. The molecular weight excluding hydrogens is 210 g/mol. The molecule has 1 aliphatic carbocycles. The standard InChI is InChI=1S/C15H23NO/c1-17-15-11-13-7-4-2-3-6-12(13)10-14(15)8-5-9-16/h10-11H,2-9,16H2,1H3. The maximum atomic E-state index is 5.59. The number of aryl methyl sites for hydroxylation is 3. The molecule has 1 aromatic carbocycles. The minimum atomic E-state index is 0.750. The molecule has 0 amide bonds. The van der Waals surface area contributed by atoms with Crippen LogP contribution < -0.4 is 10.5 Å². The lowest BCUT2D eigenvalue weighted by atomic mass is 9.97. The number of benzene rings is 1. The fraction of sp³-hybridized carbons (Fsp3) is 0.600. The number of fused-ring (bicyclic) bond motifs is 1. The second kappa shape index (κ2) is 6.06. The van der Waals surface area contributed by atoms with Crippen LogP contribution in [0.2, 0.25) is 0 Å². The van der Waals surface area contributed by atoms with E-state index in [9.17, 15) is 0 Å². The third-order valence-corrected chi connectivity index (χ3v) is 3.65. The van der Waals surface area contributed by atoms with Gasteiger partial charge in [-0.05, 0) is 67.8 Å². The second-order valence-electron chi connectivity index (χ2n) is 4.89. The fourth-order valence-corrected chi connectivity index (χ4v) is 2.67. The molecule has 1 aliphatic rings. The predicted octanol–water partition coefficient (Wildman–Crippen LogP) is 2.86. The van der Waals surface area contributed by atoms with Crippen molar-refractivity contribution in [1.82, 2.24) is 0 Å². The summed E-state index contributed by atoms with van der Waals surface area (Å²) >= 11 is 0. The van der Waals surface area contributed by atoms with E-state index < -0.39 is 0 Å². The van der Waals surface area contributed by atoms with Gasteiger partial charge in [0, 0.05) is 0 Å². The molecular formula is C15H23NO. The van der Waals surface area contributed by atoms with Crippen LogP contribution in [0.5, 0.6) is 5.75 Å². The van der Waals surface area contributed by atoms with Crippen molar-refractivity contribution in [2.24, 2.45) is 5.73 Å². The zero-order valence-electron chi connectivity index (χ0n) is 10.8. The highest BCUT2D eigenvalue weighted by Crippen LogP contribution is 2.29. The van der Waals surface area contributed by atoms with Crippen molar-refractivity contribution in [2.45, 2.75) is 44.9 Å². The first kappa shape index (κ1) is 12.4. The molecule has 17 heavy (non-hydrogen) atoms. The van der Waals surface area contributed by atoms with Crippen molar-refractivity contribution in [1.29, 1.82) is 0 Å². The van der Waals surface area contributed by atoms with E-state index in [0.29, 0.717) is 0 Å². The first-order valence-corrected chi connectivity index (χ1v) is 6.74. The van der Waals surface area contributed by atoms with E-state index in [2.05, 4.69) is 12.1 Å². The summed E-state index contributed by atoms with van der Waals surface area (Å²) in [5.74, 6) is 1.05. The first-order valence-electron chi connectivity index (χ1n) is 6.74. The van der Waals surface area contributed by atoms with Gasteiger partial charge in [0.1, 0.15) is 5.75 Å². The molecule has 0 fully saturated rings. The molecule has 0 aromatic heterocycles. The van der Waals surface area contributed by atoms with Crippen LogP contribution in [0.25, 0.3) is 0 Å². The van der Waals surface area contributed by atoms with Gasteiger partial charge < -0.3 is 10.5 Å². The number of hydrogen-bond acceptors (Lipinski definition) is 2. The molecule has 0 saturated carbocycles. The number of methoxy groups -OCH3 is 1. The van der Waals surface area contributed by atoms with E-state index in [1.807, 2.05) is 0 Å². The summed E-state index contributed by atoms with van der Waals surface area (Å²) in [5, 5.41) is 0. The van der Waals surface area contributed by atoms with Crippen LogP contribution in [-0.4, -0.2) is 13.7 Å². The van der Waals surface area contributed by atoms with Crippen molar-refractivity contribution in [2.75, 3.05) is 13.7 Å². The van der Waals surface area contributed by atoms with Crippen LogP contribution in [0.3, 0.4) is 0 Å². The third kappa shape index (κ3) is 3.01. The third-order valence-electron chi connectivity index (χ3n) is 3.65. The topological polar surface area (TPSA) is 35.2 Å². The van der Waals surface area contributed by atoms with Crippen molar-refractivity contribution < 1.29 is 4.74 Å². The molecule has 0 bridgehead atoms. The minimum Gasteiger partial charge on any atom is -0.496 e. The van der Waals surface area contributed by atoms with Crippen LogP contribution in [0.4, 0.5) is 0 Å². The molecule has 0 heterocycles. The Hall–Kier alpha value is -1.02. The van der Waals surface area contributed by atoms with Gasteiger partial charge in [-0.3, -0.25) is 0 Å². The molecule has 0 unspecified atom stereocenters. The van der Waals surface area contributed by atoms with Crippen LogP contribution >= 0.6 is 0 Å². The lowest BCUT2D eigenvalue weighted by Crippen LogP contribution is -2.03. The Morgan fingerprint density at radius 1 is 1.12 bits per heavy atom. The number of ether oxygens (including phenoxy) is 1. The van der Waals surface area contributed by atoms with E-state index in [1.54, 1.807) is 7.11 Å². The van der Waals surface area contributed by atoms with Crippen LogP contribution in [0, 0.1) is 0 Å². The second-order valence-corrected chi connectivity index (χ2v) is 4.89. The van der Waals surface area contributed by atoms with Gasteiger partial charge in [0.05, 0.1) is 7.11 Å². The van der Waals surface area contributed by atoms with Crippen molar-refractivity contribution in [3.05, 3.63) is 28.8 Å². The quantitative estimate of drug-likeness (QED) is 0.812. The summed E-state index contributed by atoms with van der Waals surface area (Å²) in [7, 11) is 1.77. The van der Waals surface area contributed by atoms with Gasteiger partial charge in [-0.1, -0.05) is 12.5 Å². The van der Waals surface area contributed by atoms with Gasteiger partial charge in [0.2, 0.25) is 0 Å². The number of hydrogen-bond donors (Lipinski definition) is 1. The SMILES string of the molecule is COc1cc2c(cc1CCCN)CCCCC2. The molecule has 2 N–H and O–H groups in total. The molecule has 94 valence electrons. The van der Waals surface area contributed by atoms with E-state index in [1.165, 1.54) is 48.8 Å². The van der Waals surface area contributed by atoms with E-state index in [-0.39, 0.29) is 0 Å². The molecule has 1 aromatic rings. The van der Waals surface area contributed by atoms with Crippen LogP contribution in [0.1, 0.15) is 42.4 Å². The Labute approximate surface area is 104 Å². The van der Waals surface area contributed by atoms with E-state index >= 15 is 0 Å². The lowest BCUT2D eigenvalue weighted by molar-refractivity contribution is 0.408. The molecule has 0 atom stereocenters. The van der Waals surface area contributed by atoms with Gasteiger partial charge in [-0.25, -0.2) is 0 Å². The van der Waals surface area contributed by atoms with Gasteiger partial charge in [-0.15, -0.1) is 0 Å². The Morgan fingerprint density at radius 2 is 1.82 bits per heavy atom. The van der Waals surface area contributed by atoms with Gasteiger partial charge in [0.25, 0.3) is 0 Å². The smallest absolute Gasteiger partial charge is 0.122 e. The lowest BCUT2D eigenvalue weighted by Gasteiger charge is -2.13. The largest absolute Gasteiger partial charge is 0.496 e.